The summed E-state index contributed by atoms with van der Waals surface area (Å²) in [7, 11) is 0. The van der Waals surface area contributed by atoms with E-state index in [-0.39, 0.29) is 23.9 Å². The van der Waals surface area contributed by atoms with E-state index >= 15 is 0 Å². The van der Waals surface area contributed by atoms with Crippen LogP contribution >= 0.6 is 12.4 Å². The number of imide groups is 1. The predicted octanol–water partition coefficient (Wildman–Crippen LogP) is 2.29. The molecule has 0 unspecified atom stereocenters. The number of hydrogen-bond donors (Lipinski definition) is 1. The highest BCUT2D eigenvalue weighted by Crippen LogP contribution is 2.35. The molecule has 1 aromatic rings. The average molecular weight is 335 g/mol. The van der Waals surface area contributed by atoms with Crippen LogP contribution in [-0.2, 0) is 15.8 Å². The van der Waals surface area contributed by atoms with Gasteiger partial charge in [0.1, 0.15) is 6.04 Å². The maximum Gasteiger partial charge on any atom is 0.416 e. The van der Waals surface area contributed by atoms with Crippen molar-refractivity contribution in [3.05, 3.63) is 35.4 Å². The fourth-order valence-electron chi connectivity index (χ4n) is 3.03. The Morgan fingerprint density at radius 3 is 2.59 bits per heavy atom. The van der Waals surface area contributed by atoms with Crippen LogP contribution in [0.15, 0.2) is 24.3 Å². The first-order chi connectivity index (χ1) is 9.88. The Bertz CT molecular complexity index is 606. The second-order valence-corrected chi connectivity index (χ2v) is 5.28. The van der Waals surface area contributed by atoms with Gasteiger partial charge >= 0.3 is 6.18 Å². The van der Waals surface area contributed by atoms with Crippen LogP contribution in [-0.4, -0.2) is 29.3 Å². The molecule has 2 saturated heterocycles. The van der Waals surface area contributed by atoms with Crippen molar-refractivity contribution >= 4 is 24.2 Å². The lowest BCUT2D eigenvalue weighted by atomic mass is 9.98. The summed E-state index contributed by atoms with van der Waals surface area (Å²) < 4.78 is 38.4. The Morgan fingerprint density at radius 1 is 1.18 bits per heavy atom. The van der Waals surface area contributed by atoms with Gasteiger partial charge < -0.3 is 0 Å². The van der Waals surface area contributed by atoms with E-state index in [1.165, 1.54) is 12.1 Å². The van der Waals surface area contributed by atoms with Crippen LogP contribution < -0.4 is 5.32 Å². The van der Waals surface area contributed by atoms with Gasteiger partial charge in [0, 0.05) is 6.54 Å². The molecular weight excluding hydrogens is 321 g/mol. The molecule has 1 N–H and O–H groups in total. The van der Waals surface area contributed by atoms with Crippen LogP contribution in [0.2, 0.25) is 0 Å². The average Bonchev–Trinajstić information content (AvgIpc) is 2.87. The van der Waals surface area contributed by atoms with Crippen molar-refractivity contribution in [3.63, 3.8) is 0 Å². The molecule has 0 spiro atoms. The lowest BCUT2D eigenvalue weighted by Gasteiger charge is -2.36. The number of hydrogen-bond acceptors (Lipinski definition) is 3. The third kappa shape index (κ3) is 2.83. The third-order valence-electron chi connectivity index (χ3n) is 3.95. The lowest BCUT2D eigenvalue weighted by molar-refractivity contribution is -0.144. The van der Waals surface area contributed by atoms with Gasteiger partial charge in [-0.2, -0.15) is 13.2 Å². The quantitative estimate of drug-likeness (QED) is 0.802. The van der Waals surface area contributed by atoms with E-state index in [0.29, 0.717) is 13.0 Å². The molecule has 22 heavy (non-hydrogen) atoms. The van der Waals surface area contributed by atoms with Crippen LogP contribution in [0, 0.1) is 0 Å². The molecule has 2 amide bonds. The Morgan fingerprint density at radius 2 is 1.91 bits per heavy atom. The molecule has 4 nitrogen and oxygen atoms in total. The first-order valence-corrected chi connectivity index (χ1v) is 6.65. The minimum absolute atomic E-state index is 0. The summed E-state index contributed by atoms with van der Waals surface area (Å²) in [6.07, 6.45) is -3.09. The van der Waals surface area contributed by atoms with Crippen LogP contribution in [0.5, 0.6) is 0 Å². The summed E-state index contributed by atoms with van der Waals surface area (Å²) in [6.45, 7) is 0.532. The van der Waals surface area contributed by atoms with E-state index in [1.807, 2.05) is 0 Å². The Labute approximate surface area is 131 Å². The largest absolute Gasteiger partial charge is 0.416 e. The normalized spacial score (nSPS) is 25.4. The molecule has 0 radical (unpaired) electrons. The highest BCUT2D eigenvalue weighted by molar-refractivity contribution is 6.03. The van der Waals surface area contributed by atoms with E-state index in [2.05, 4.69) is 5.32 Å². The van der Waals surface area contributed by atoms with Gasteiger partial charge in [0.05, 0.1) is 11.6 Å². The molecule has 2 heterocycles. The molecule has 0 aliphatic carbocycles. The second kappa shape index (κ2) is 5.89. The molecule has 0 aromatic heterocycles. The number of amides is 2. The molecule has 8 heteroatoms. The highest BCUT2D eigenvalue weighted by atomic mass is 35.5. The molecular formula is C14H14ClF3N2O2. The van der Waals surface area contributed by atoms with Gasteiger partial charge in [0.15, 0.2) is 0 Å². The number of carbonyl (C=O) groups is 2. The van der Waals surface area contributed by atoms with Crippen LogP contribution in [0.1, 0.15) is 30.0 Å². The summed E-state index contributed by atoms with van der Waals surface area (Å²) in [5, 5.41) is 2.26. The third-order valence-corrected chi connectivity index (χ3v) is 3.95. The smallest absolute Gasteiger partial charge is 0.293 e. The molecule has 0 saturated carbocycles. The zero-order valence-corrected chi connectivity index (χ0v) is 12.2. The van der Waals surface area contributed by atoms with Crippen molar-refractivity contribution in [1.29, 1.82) is 0 Å². The minimum atomic E-state index is -4.46. The van der Waals surface area contributed by atoms with Crippen LogP contribution in [0.3, 0.4) is 0 Å². The number of piperazine rings is 1. The molecule has 3 rings (SSSR count). The van der Waals surface area contributed by atoms with Gasteiger partial charge in [-0.1, -0.05) is 12.1 Å². The summed E-state index contributed by atoms with van der Waals surface area (Å²) in [5.41, 5.74) is -0.526. The standard InChI is InChI=1S/C14H13F3N2O2.ClH/c15-14(16,17)9-4-1-3-8(7-9)11-13(21)18-12(20)10-5-2-6-19(10)11;/h1,3-4,7,10-11H,2,5-6H2,(H,18,20,21);1H/t10-,11-;/m0./s1. The fourth-order valence-corrected chi connectivity index (χ4v) is 3.03. The predicted molar refractivity (Wildman–Crippen MR) is 74.3 cm³/mol. The molecule has 0 bridgehead atoms. The van der Waals surface area contributed by atoms with Crippen molar-refractivity contribution in [2.45, 2.75) is 31.1 Å². The van der Waals surface area contributed by atoms with Crippen molar-refractivity contribution < 1.29 is 22.8 Å². The molecule has 2 aliphatic rings. The number of nitrogens with zero attached hydrogens (tertiary/aromatic N) is 1. The summed E-state index contributed by atoms with van der Waals surface area (Å²) in [6, 6.07) is 3.46. The monoisotopic (exact) mass is 334 g/mol. The van der Waals surface area contributed by atoms with E-state index < -0.39 is 29.7 Å². The van der Waals surface area contributed by atoms with Gasteiger partial charge in [-0.15, -0.1) is 12.4 Å². The topological polar surface area (TPSA) is 49.4 Å². The molecule has 2 fully saturated rings. The SMILES string of the molecule is Cl.O=C1NC(=O)[C@@H]2CCCN2[C@H]1c1cccc(C(F)(F)F)c1. The summed E-state index contributed by atoms with van der Waals surface area (Å²) >= 11 is 0. The van der Waals surface area contributed by atoms with E-state index in [0.717, 1.165) is 18.6 Å². The van der Waals surface area contributed by atoms with Gasteiger partial charge in [0.2, 0.25) is 11.8 Å². The van der Waals surface area contributed by atoms with Crippen molar-refractivity contribution in [3.8, 4) is 0 Å². The number of benzene rings is 1. The zero-order valence-electron chi connectivity index (χ0n) is 11.4. The summed E-state index contributed by atoms with van der Waals surface area (Å²) in [4.78, 5) is 25.5. The molecule has 1 aromatic carbocycles. The van der Waals surface area contributed by atoms with Gasteiger partial charge in [-0.05, 0) is 30.5 Å². The number of alkyl halides is 3. The van der Waals surface area contributed by atoms with Gasteiger partial charge in [-0.3, -0.25) is 19.8 Å². The van der Waals surface area contributed by atoms with E-state index in [4.69, 9.17) is 0 Å². The van der Waals surface area contributed by atoms with Crippen LogP contribution in [0.25, 0.3) is 0 Å². The second-order valence-electron chi connectivity index (χ2n) is 5.28. The number of rotatable bonds is 1. The lowest BCUT2D eigenvalue weighted by Crippen LogP contribution is -2.56. The Hall–Kier alpha value is -1.60. The molecule has 2 aliphatic heterocycles. The van der Waals surface area contributed by atoms with Crippen molar-refractivity contribution in [2.24, 2.45) is 0 Å². The number of fused-ring (bicyclic) bond motifs is 1. The van der Waals surface area contributed by atoms with Gasteiger partial charge in [-0.25, -0.2) is 0 Å². The molecule has 120 valence electrons. The first kappa shape index (κ1) is 16.8. The number of carbonyl (C=O) groups excluding carboxylic acids is 2. The van der Waals surface area contributed by atoms with E-state index in [9.17, 15) is 22.8 Å². The first-order valence-electron chi connectivity index (χ1n) is 6.65. The minimum Gasteiger partial charge on any atom is -0.293 e. The Balaban J connectivity index is 0.00000176. The summed E-state index contributed by atoms with van der Waals surface area (Å²) in [5.74, 6) is -0.918. The van der Waals surface area contributed by atoms with Crippen molar-refractivity contribution in [1.82, 2.24) is 10.2 Å². The van der Waals surface area contributed by atoms with E-state index in [1.54, 1.807) is 4.90 Å². The fraction of sp³-hybridized carbons (Fsp3) is 0.429. The number of halogens is 4. The Kier molecular flexibility index (Phi) is 4.49. The highest BCUT2D eigenvalue weighted by Gasteiger charge is 2.45. The zero-order chi connectivity index (χ0) is 15.2. The molecule has 2 atom stereocenters. The van der Waals surface area contributed by atoms with Crippen LogP contribution in [0.4, 0.5) is 13.2 Å². The number of nitrogens with one attached hydrogen (secondary N) is 1. The van der Waals surface area contributed by atoms with Gasteiger partial charge in [0.25, 0.3) is 0 Å². The maximum absolute atomic E-state index is 12.8. The maximum atomic E-state index is 12.8. The van der Waals surface area contributed by atoms with Crippen molar-refractivity contribution in [2.75, 3.05) is 6.54 Å².